The number of hydrogen-bond donors (Lipinski definition) is 0. The van der Waals surface area contributed by atoms with E-state index in [1.165, 1.54) is 154 Å². The van der Waals surface area contributed by atoms with Crippen molar-refractivity contribution in [1.29, 1.82) is 0 Å². The molecule has 0 aliphatic carbocycles. The van der Waals surface area contributed by atoms with Crippen LogP contribution in [0.2, 0.25) is 0 Å². The van der Waals surface area contributed by atoms with Crippen LogP contribution in [0.3, 0.4) is 0 Å². The Morgan fingerprint density at radius 2 is 0.700 bits per heavy atom. The van der Waals surface area contributed by atoms with E-state index < -0.39 is 0 Å². The molecule has 0 aromatic heterocycles. The Bertz CT molecular complexity index is 496. The normalized spacial score (nSPS) is 9.66. The van der Waals surface area contributed by atoms with Gasteiger partial charge >= 0.3 is 93.3 Å². The summed E-state index contributed by atoms with van der Waals surface area (Å²) in [5, 5.41) is 0. The molecule has 0 atom stereocenters. The molecular weight excluding hydrogens is 1290 g/mol. The van der Waals surface area contributed by atoms with Crippen LogP contribution >= 0.6 is 0 Å². The third-order valence-electron chi connectivity index (χ3n) is 7.97. The van der Waals surface area contributed by atoms with Crippen LogP contribution in [0.25, 0.3) is 0 Å². The molecule has 0 bridgehead atoms. The van der Waals surface area contributed by atoms with Crippen molar-refractivity contribution >= 4 is 18.9 Å². The Hall–Kier alpha value is 2.13. The van der Waals surface area contributed by atoms with Gasteiger partial charge in [-0.05, 0) is 20.6 Å². The number of nitrogens with zero attached hydrogens (tertiary/aromatic N) is 1. The van der Waals surface area contributed by atoms with Gasteiger partial charge in [0, 0.05) is 0 Å². The van der Waals surface area contributed by atoms with Crippen molar-refractivity contribution in [2.45, 2.75) is 219 Å². The molecule has 0 heterocycles. The van der Waals surface area contributed by atoms with Crippen LogP contribution in [0, 0.1) is 114 Å². The van der Waals surface area contributed by atoms with Gasteiger partial charge < -0.3 is 39.6 Å². The van der Waals surface area contributed by atoms with Crippen LogP contribution in [0.5, 0.6) is 0 Å². The Morgan fingerprint density at radius 3 is 0.940 bits per heavy atom. The Balaban J connectivity index is -0.000000131. The fourth-order valence-electron chi connectivity index (χ4n) is 4.91. The standard InChI is InChI=1S/C25H45O2.C6H12NO.2C6H13.3U/c26-24-22-20-18-16-14-12-10-8-6-4-2-1-3-5-7-9-11-13-15-17-19-21-23-25-27;1-7(2)5-3-4-6-8;2*1-3-5-6-4-2;;;/h1H,2-23H2;3-5H2,1-2H3;2*1,3-6H2,2H3;;;/q-3;3*-1;3*+2. The molecule has 0 aromatic rings. The van der Waals surface area contributed by atoms with Crippen LogP contribution < -0.4 is 0 Å². The largest absolute Gasteiger partial charge is 2.00 e. The van der Waals surface area contributed by atoms with E-state index in [0.717, 1.165) is 38.6 Å². The van der Waals surface area contributed by atoms with E-state index in [1.807, 2.05) is 33.0 Å². The van der Waals surface area contributed by atoms with Crippen LogP contribution in [0.15, 0.2) is 0 Å². The molecule has 4 nitrogen and oxygen atoms in total. The average molecular weight is 1380 g/mol. The topological polar surface area (TPSA) is 54.5 Å². The fraction of sp³-hybridized carbons (Fsp3) is 0.860. The smallest absolute Gasteiger partial charge is 0.542 e. The SMILES string of the molecule is CN(C)CCC[C-]=O.O=[C-]CCCCCCCCCCC[CH-]CCCCCCCCCCC[C-]=O.[CH2-]CCCCC.[CH2-]CCCCC.[U+2].[U+2].[U+2]. The summed E-state index contributed by atoms with van der Waals surface area (Å²) in [7, 11) is 3.98. The molecule has 0 unspecified atom stereocenters. The molecule has 0 spiro atoms. The van der Waals surface area contributed by atoms with E-state index in [-0.39, 0.29) is 93.3 Å². The fourth-order valence-corrected chi connectivity index (χ4v) is 4.91. The quantitative estimate of drug-likeness (QED) is 0.0476. The van der Waals surface area contributed by atoms with Crippen LogP contribution in [-0.2, 0) is 14.4 Å². The van der Waals surface area contributed by atoms with E-state index in [0.29, 0.717) is 19.3 Å². The number of carbonyl (C=O) groups excluding carboxylic acids is 3. The van der Waals surface area contributed by atoms with Crippen molar-refractivity contribution in [1.82, 2.24) is 4.90 Å². The van der Waals surface area contributed by atoms with E-state index in [9.17, 15) is 14.4 Å². The van der Waals surface area contributed by atoms with E-state index >= 15 is 0 Å². The molecule has 0 aliphatic rings. The van der Waals surface area contributed by atoms with Crippen molar-refractivity contribution in [3.05, 3.63) is 20.3 Å². The van der Waals surface area contributed by atoms with E-state index in [1.54, 1.807) is 0 Å². The second-order valence-electron chi connectivity index (χ2n) is 13.2. The maximum atomic E-state index is 10.1. The summed E-state index contributed by atoms with van der Waals surface area (Å²) in [6.45, 7) is 12.8. The van der Waals surface area contributed by atoms with Crippen molar-refractivity contribution in [3.8, 4) is 0 Å². The maximum absolute atomic E-state index is 10.1. The van der Waals surface area contributed by atoms with Crippen molar-refractivity contribution in [3.63, 3.8) is 0 Å². The molecule has 7 heteroatoms. The minimum absolute atomic E-state index is 0. The molecule has 0 radical (unpaired) electrons. The first-order valence-corrected chi connectivity index (χ1v) is 20.1. The van der Waals surface area contributed by atoms with Gasteiger partial charge in [0.15, 0.2) is 0 Å². The average Bonchev–Trinajstić information content (AvgIpc) is 3.07. The third-order valence-corrected chi connectivity index (χ3v) is 7.97. The minimum Gasteiger partial charge on any atom is -0.542 e. The predicted molar refractivity (Wildman–Crippen MR) is 210 cm³/mol. The number of unbranched alkanes of at least 4 members (excludes halogenated alkanes) is 29. The second kappa shape index (κ2) is 72.4. The summed E-state index contributed by atoms with van der Waals surface area (Å²) in [6, 6.07) is 0. The van der Waals surface area contributed by atoms with Gasteiger partial charge in [-0.25, -0.2) is 0 Å². The molecule has 0 fully saturated rings. The summed E-state index contributed by atoms with van der Waals surface area (Å²) >= 11 is 0. The monoisotopic (exact) mass is 1380 g/mol. The third kappa shape index (κ3) is 87.8. The molecule has 0 amide bonds. The minimum atomic E-state index is 0. The summed E-state index contributed by atoms with van der Waals surface area (Å²) in [5.74, 6) is 0. The van der Waals surface area contributed by atoms with Crippen LogP contribution in [0.4, 0.5) is 0 Å². The molecular formula is C43H83NO3U3. The van der Waals surface area contributed by atoms with Crippen LogP contribution in [0.1, 0.15) is 219 Å². The van der Waals surface area contributed by atoms with Gasteiger partial charge in [0.1, 0.15) is 0 Å². The molecule has 50 heavy (non-hydrogen) atoms. The summed E-state index contributed by atoms with van der Waals surface area (Å²) in [4.78, 5) is 31.9. The first-order chi connectivity index (χ1) is 23.0. The van der Waals surface area contributed by atoms with Crippen molar-refractivity contribution in [2.75, 3.05) is 20.6 Å². The van der Waals surface area contributed by atoms with E-state index in [4.69, 9.17) is 0 Å². The van der Waals surface area contributed by atoms with Gasteiger partial charge in [-0.2, -0.15) is 44.9 Å². The zero-order valence-corrected chi connectivity index (χ0v) is 46.5. The molecule has 290 valence electrons. The number of hydrogen-bond acceptors (Lipinski definition) is 4. The molecule has 0 aliphatic heterocycles. The predicted octanol–water partition coefficient (Wildman–Crippen LogP) is 13.2. The second-order valence-corrected chi connectivity index (χ2v) is 13.2. The molecule has 0 rings (SSSR count). The van der Waals surface area contributed by atoms with E-state index in [2.05, 4.69) is 39.0 Å². The Kier molecular flexibility index (Phi) is 96.9. The van der Waals surface area contributed by atoms with Gasteiger partial charge in [-0.15, -0.1) is 0 Å². The summed E-state index contributed by atoms with van der Waals surface area (Å²) in [6.07, 6.45) is 47.3. The van der Waals surface area contributed by atoms with Crippen LogP contribution in [-0.4, -0.2) is 44.4 Å². The Morgan fingerprint density at radius 1 is 0.420 bits per heavy atom. The summed E-state index contributed by atoms with van der Waals surface area (Å²) < 4.78 is 0. The van der Waals surface area contributed by atoms with Gasteiger partial charge in [0.25, 0.3) is 0 Å². The zero-order chi connectivity index (χ0) is 35.7. The summed E-state index contributed by atoms with van der Waals surface area (Å²) in [5.41, 5.74) is 0. The molecule has 0 N–H and O–H groups in total. The van der Waals surface area contributed by atoms with Gasteiger partial charge in [-0.1, -0.05) is 174 Å². The van der Waals surface area contributed by atoms with Gasteiger partial charge in [0.05, 0.1) is 0 Å². The molecule has 0 saturated carbocycles. The first kappa shape index (κ1) is 66.9. The first-order valence-electron chi connectivity index (χ1n) is 20.1. The van der Waals surface area contributed by atoms with Crippen molar-refractivity contribution in [2.24, 2.45) is 0 Å². The van der Waals surface area contributed by atoms with Gasteiger partial charge in [-0.3, -0.25) is 18.9 Å². The molecule has 0 aromatic carbocycles. The molecule has 0 saturated heterocycles. The number of rotatable bonds is 34. The maximum Gasteiger partial charge on any atom is 2.00 e. The zero-order valence-electron chi connectivity index (χ0n) is 34.0. The Labute approximate surface area is 387 Å². The van der Waals surface area contributed by atoms with Gasteiger partial charge in [0.2, 0.25) is 0 Å². The van der Waals surface area contributed by atoms with Crippen molar-refractivity contribution < 1.29 is 108 Å².